The van der Waals surface area contributed by atoms with E-state index in [1.165, 1.54) is 4.90 Å². The van der Waals surface area contributed by atoms with Crippen LogP contribution in [0.1, 0.15) is 30.1 Å². The zero-order chi connectivity index (χ0) is 15.8. The van der Waals surface area contributed by atoms with Gasteiger partial charge in [0.2, 0.25) is 0 Å². The molecule has 0 bridgehead atoms. The SMILES string of the molecule is CC1(C(=O)O)CCN(C(=O)c2cc(F)c(F)cc2Cl)CC1. The summed E-state index contributed by atoms with van der Waals surface area (Å²) in [6.07, 6.45) is 0.602. The molecule has 1 heterocycles. The second-order valence-corrected chi connectivity index (χ2v) is 5.81. The second kappa shape index (κ2) is 5.60. The molecule has 0 atom stereocenters. The van der Waals surface area contributed by atoms with Crippen molar-refractivity contribution < 1.29 is 23.5 Å². The van der Waals surface area contributed by atoms with Crippen molar-refractivity contribution in [3.63, 3.8) is 0 Å². The van der Waals surface area contributed by atoms with Crippen LogP contribution in [0.25, 0.3) is 0 Å². The quantitative estimate of drug-likeness (QED) is 0.853. The standard InChI is InChI=1S/C14H14ClF2NO3/c1-14(13(20)21)2-4-18(5-3-14)12(19)8-6-10(16)11(17)7-9(8)15/h6-7H,2-5H2,1H3,(H,20,21). The molecular weight excluding hydrogens is 304 g/mol. The zero-order valence-electron chi connectivity index (χ0n) is 11.3. The average molecular weight is 318 g/mol. The lowest BCUT2D eigenvalue weighted by Gasteiger charge is -2.36. The van der Waals surface area contributed by atoms with Crippen LogP contribution in [-0.4, -0.2) is 35.0 Å². The number of carbonyl (C=O) groups excluding carboxylic acids is 1. The van der Waals surface area contributed by atoms with Gasteiger partial charge in [-0.15, -0.1) is 0 Å². The maximum absolute atomic E-state index is 13.2. The molecule has 0 aliphatic carbocycles. The Bertz CT molecular complexity index is 598. The summed E-state index contributed by atoms with van der Waals surface area (Å²) in [7, 11) is 0. The van der Waals surface area contributed by atoms with E-state index in [0.717, 1.165) is 12.1 Å². The van der Waals surface area contributed by atoms with E-state index in [-0.39, 0.29) is 23.7 Å². The van der Waals surface area contributed by atoms with Crippen molar-refractivity contribution in [3.8, 4) is 0 Å². The Kier molecular flexibility index (Phi) is 4.18. The van der Waals surface area contributed by atoms with Gasteiger partial charge in [0.05, 0.1) is 16.0 Å². The van der Waals surface area contributed by atoms with Crippen LogP contribution in [0.3, 0.4) is 0 Å². The Balaban J connectivity index is 2.16. The molecule has 7 heteroatoms. The highest BCUT2D eigenvalue weighted by Gasteiger charge is 2.38. The molecule has 2 rings (SSSR count). The topological polar surface area (TPSA) is 57.6 Å². The molecule has 0 radical (unpaired) electrons. The van der Waals surface area contributed by atoms with E-state index >= 15 is 0 Å². The fraction of sp³-hybridized carbons (Fsp3) is 0.429. The first kappa shape index (κ1) is 15.7. The number of nitrogens with zero attached hydrogens (tertiary/aromatic N) is 1. The van der Waals surface area contributed by atoms with Crippen LogP contribution in [0, 0.1) is 17.0 Å². The maximum Gasteiger partial charge on any atom is 0.309 e. The van der Waals surface area contributed by atoms with Crippen LogP contribution in [0.5, 0.6) is 0 Å². The lowest BCUT2D eigenvalue weighted by molar-refractivity contribution is -0.150. The highest BCUT2D eigenvalue weighted by atomic mass is 35.5. The highest BCUT2D eigenvalue weighted by molar-refractivity contribution is 6.33. The summed E-state index contributed by atoms with van der Waals surface area (Å²) < 4.78 is 26.2. The van der Waals surface area contributed by atoms with Crippen LogP contribution in [0.15, 0.2) is 12.1 Å². The number of carboxylic acids is 1. The van der Waals surface area contributed by atoms with Gasteiger partial charge in [0.1, 0.15) is 0 Å². The highest BCUT2D eigenvalue weighted by Crippen LogP contribution is 2.32. The number of rotatable bonds is 2. The summed E-state index contributed by atoms with van der Waals surface area (Å²) in [5.74, 6) is -3.68. The molecule has 1 aliphatic heterocycles. The fourth-order valence-corrected chi connectivity index (χ4v) is 2.51. The fourth-order valence-electron chi connectivity index (χ4n) is 2.27. The third kappa shape index (κ3) is 3.00. The van der Waals surface area contributed by atoms with Crippen molar-refractivity contribution in [1.82, 2.24) is 4.90 Å². The Morgan fingerprint density at radius 2 is 1.76 bits per heavy atom. The number of halogens is 3. The van der Waals surface area contributed by atoms with Gasteiger partial charge in [-0.05, 0) is 31.9 Å². The van der Waals surface area contributed by atoms with Crippen molar-refractivity contribution in [2.75, 3.05) is 13.1 Å². The summed E-state index contributed by atoms with van der Waals surface area (Å²) in [5.41, 5.74) is -0.983. The Morgan fingerprint density at radius 1 is 1.24 bits per heavy atom. The van der Waals surface area contributed by atoms with Gasteiger partial charge in [-0.1, -0.05) is 11.6 Å². The van der Waals surface area contributed by atoms with E-state index in [9.17, 15) is 18.4 Å². The molecule has 0 saturated carbocycles. The predicted molar refractivity (Wildman–Crippen MR) is 72.2 cm³/mol. The molecule has 0 aromatic heterocycles. The molecule has 1 N–H and O–H groups in total. The summed E-state index contributed by atoms with van der Waals surface area (Å²) >= 11 is 5.77. The van der Waals surface area contributed by atoms with E-state index in [0.29, 0.717) is 12.8 Å². The number of amides is 1. The number of carboxylic acid groups (broad SMARTS) is 1. The largest absolute Gasteiger partial charge is 0.481 e. The number of piperidine rings is 1. The van der Waals surface area contributed by atoms with Crippen LogP contribution in [-0.2, 0) is 4.79 Å². The minimum Gasteiger partial charge on any atom is -0.481 e. The molecule has 114 valence electrons. The molecule has 0 unspecified atom stereocenters. The molecule has 1 saturated heterocycles. The van der Waals surface area contributed by atoms with E-state index < -0.39 is 28.9 Å². The summed E-state index contributed by atoms with van der Waals surface area (Å²) in [6.45, 7) is 2.09. The Labute approximate surface area is 125 Å². The van der Waals surface area contributed by atoms with E-state index in [4.69, 9.17) is 16.7 Å². The summed E-state index contributed by atoms with van der Waals surface area (Å²) in [5, 5.41) is 8.97. The lowest BCUT2D eigenvalue weighted by Crippen LogP contribution is -2.45. The van der Waals surface area contributed by atoms with Crippen LogP contribution in [0.2, 0.25) is 5.02 Å². The van der Waals surface area contributed by atoms with Crippen LogP contribution < -0.4 is 0 Å². The number of aliphatic carboxylic acids is 1. The number of likely N-dealkylation sites (tertiary alicyclic amines) is 1. The molecule has 1 aromatic rings. The normalized spacial score (nSPS) is 17.6. The molecule has 1 fully saturated rings. The molecule has 1 aromatic carbocycles. The first-order chi connectivity index (χ1) is 9.74. The monoisotopic (exact) mass is 317 g/mol. The van der Waals surface area contributed by atoms with Crippen molar-refractivity contribution in [2.45, 2.75) is 19.8 Å². The number of benzene rings is 1. The Hall–Kier alpha value is -1.69. The molecular formula is C14H14ClF2NO3. The summed E-state index contributed by atoms with van der Waals surface area (Å²) in [6, 6.07) is 1.53. The van der Waals surface area contributed by atoms with Gasteiger partial charge in [-0.2, -0.15) is 0 Å². The number of hydrogen-bond acceptors (Lipinski definition) is 2. The lowest BCUT2D eigenvalue weighted by atomic mass is 9.80. The molecule has 21 heavy (non-hydrogen) atoms. The maximum atomic E-state index is 13.2. The smallest absolute Gasteiger partial charge is 0.309 e. The van der Waals surface area contributed by atoms with Gasteiger partial charge >= 0.3 is 5.97 Å². The van der Waals surface area contributed by atoms with E-state index in [1.807, 2.05) is 0 Å². The van der Waals surface area contributed by atoms with E-state index in [2.05, 4.69) is 0 Å². The predicted octanol–water partition coefficient (Wildman–Crippen LogP) is 2.95. The van der Waals surface area contributed by atoms with Crippen molar-refractivity contribution in [1.29, 1.82) is 0 Å². The van der Waals surface area contributed by atoms with Crippen LogP contribution >= 0.6 is 11.6 Å². The minimum absolute atomic E-state index is 0.116. The van der Waals surface area contributed by atoms with Crippen LogP contribution in [0.4, 0.5) is 8.78 Å². The van der Waals surface area contributed by atoms with Gasteiger partial charge in [-0.3, -0.25) is 9.59 Å². The van der Waals surface area contributed by atoms with Crippen molar-refractivity contribution >= 4 is 23.5 Å². The first-order valence-corrected chi connectivity index (χ1v) is 6.79. The molecule has 0 spiro atoms. The van der Waals surface area contributed by atoms with Gasteiger partial charge in [0, 0.05) is 13.1 Å². The zero-order valence-corrected chi connectivity index (χ0v) is 12.1. The van der Waals surface area contributed by atoms with E-state index in [1.54, 1.807) is 6.92 Å². The number of hydrogen-bond donors (Lipinski definition) is 1. The average Bonchev–Trinajstić information content (AvgIpc) is 2.43. The molecule has 1 amide bonds. The van der Waals surface area contributed by atoms with Gasteiger partial charge < -0.3 is 10.0 Å². The first-order valence-electron chi connectivity index (χ1n) is 6.42. The number of carbonyl (C=O) groups is 2. The third-order valence-electron chi connectivity index (χ3n) is 3.91. The van der Waals surface area contributed by atoms with Gasteiger partial charge in [-0.25, -0.2) is 8.78 Å². The van der Waals surface area contributed by atoms with Gasteiger partial charge in [0.15, 0.2) is 11.6 Å². The second-order valence-electron chi connectivity index (χ2n) is 5.40. The Morgan fingerprint density at radius 3 is 2.29 bits per heavy atom. The third-order valence-corrected chi connectivity index (χ3v) is 4.22. The molecule has 4 nitrogen and oxygen atoms in total. The van der Waals surface area contributed by atoms with Crippen molar-refractivity contribution in [3.05, 3.63) is 34.4 Å². The minimum atomic E-state index is -1.14. The van der Waals surface area contributed by atoms with Gasteiger partial charge in [0.25, 0.3) is 5.91 Å². The van der Waals surface area contributed by atoms with Crippen molar-refractivity contribution in [2.24, 2.45) is 5.41 Å². The molecule has 1 aliphatic rings. The summed E-state index contributed by atoms with van der Waals surface area (Å²) in [4.78, 5) is 24.8.